The highest BCUT2D eigenvalue weighted by atomic mass is 127. The van der Waals surface area contributed by atoms with E-state index in [1.807, 2.05) is 22.3 Å². The molecule has 0 aliphatic carbocycles. The van der Waals surface area contributed by atoms with E-state index in [2.05, 4.69) is 29.5 Å². The normalized spacial score (nSPS) is 10.6. The van der Waals surface area contributed by atoms with Crippen LogP contribution in [0.3, 0.4) is 0 Å². The fraction of sp³-hybridized carbons (Fsp3) is 0.684. The Morgan fingerprint density at radius 1 is 1.19 bits per heavy atom. The van der Waals surface area contributed by atoms with Gasteiger partial charge in [-0.15, -0.1) is 0 Å². The molecule has 0 aliphatic heterocycles. The lowest BCUT2D eigenvalue weighted by molar-refractivity contribution is 0.162. The molecule has 0 spiro atoms. The number of amides is 1. The third kappa shape index (κ3) is 13.4. The molecule has 0 aromatic carbocycles. The van der Waals surface area contributed by atoms with E-state index in [-0.39, 0.29) is 5.56 Å². The lowest BCUT2D eigenvalue weighted by atomic mass is 10.1. The second-order valence-corrected chi connectivity index (χ2v) is 7.79. The van der Waals surface area contributed by atoms with Crippen LogP contribution < -0.4 is 5.56 Å². The van der Waals surface area contributed by atoms with Crippen LogP contribution in [0.15, 0.2) is 28.5 Å². The van der Waals surface area contributed by atoms with E-state index >= 15 is 0 Å². The highest BCUT2D eigenvalue weighted by Gasteiger charge is 2.05. The van der Waals surface area contributed by atoms with Crippen LogP contribution in [-0.4, -0.2) is 31.0 Å². The van der Waals surface area contributed by atoms with Gasteiger partial charge < -0.3 is 5.11 Å². The van der Waals surface area contributed by atoms with Crippen LogP contribution >= 0.6 is 34.1 Å². The first-order valence-electron chi connectivity index (χ1n) is 9.43. The number of carboxylic acid groups (broad SMARTS) is 1. The molecule has 0 bridgehead atoms. The highest BCUT2D eigenvalue weighted by molar-refractivity contribution is 14.1. The maximum Gasteiger partial charge on any atom is 0.411 e. The molecule has 5 nitrogen and oxygen atoms in total. The van der Waals surface area contributed by atoms with Gasteiger partial charge in [-0.2, -0.15) is 0 Å². The summed E-state index contributed by atoms with van der Waals surface area (Å²) in [5.41, 5.74) is 0.156. The monoisotopic (exact) mass is 496 g/mol. The predicted octanol–water partition coefficient (Wildman–Crippen LogP) is 5.99. The summed E-state index contributed by atoms with van der Waals surface area (Å²) in [6.45, 7) is 5.77. The van der Waals surface area contributed by atoms with Gasteiger partial charge >= 0.3 is 6.09 Å². The number of unbranched alkanes of at least 4 members (excludes halogenated alkanes) is 6. The lowest BCUT2D eigenvalue weighted by Crippen LogP contribution is -2.24. The van der Waals surface area contributed by atoms with Crippen molar-refractivity contribution in [3.8, 4) is 0 Å². The van der Waals surface area contributed by atoms with Crippen LogP contribution in [0.25, 0.3) is 0 Å². The molecule has 150 valence electrons. The molecule has 0 saturated heterocycles. The number of hydrogen-bond donors (Lipinski definition) is 1. The van der Waals surface area contributed by atoms with Crippen LogP contribution in [0.1, 0.15) is 65.2 Å². The van der Waals surface area contributed by atoms with E-state index in [0.717, 1.165) is 30.2 Å². The number of halogens is 1. The Morgan fingerprint density at radius 2 is 1.85 bits per heavy atom. The molecule has 0 fully saturated rings. The third-order valence-corrected chi connectivity index (χ3v) is 5.12. The number of nitrogens with zero attached hydrogens (tertiary/aromatic N) is 2. The van der Waals surface area contributed by atoms with Crippen LogP contribution in [0.4, 0.5) is 4.79 Å². The Kier molecular flexibility index (Phi) is 17.0. The smallest absolute Gasteiger partial charge is 0.411 e. The SMILES string of the molecule is CCCCCCCCn1sccc1=O.CCCCN(C=CCI)C(=O)O. The zero-order chi connectivity index (χ0) is 19.6. The summed E-state index contributed by atoms with van der Waals surface area (Å²) >= 11 is 3.70. The molecule has 1 aromatic heterocycles. The van der Waals surface area contributed by atoms with Crippen molar-refractivity contribution in [2.24, 2.45) is 0 Å². The van der Waals surface area contributed by atoms with E-state index in [9.17, 15) is 9.59 Å². The van der Waals surface area contributed by atoms with Gasteiger partial charge in [0.1, 0.15) is 0 Å². The Balaban J connectivity index is 0.000000488. The van der Waals surface area contributed by atoms with Gasteiger partial charge in [-0.25, -0.2) is 4.79 Å². The first-order chi connectivity index (χ1) is 12.6. The van der Waals surface area contributed by atoms with Crippen molar-refractivity contribution in [1.82, 2.24) is 8.86 Å². The molecule has 0 unspecified atom stereocenters. The first-order valence-corrected chi connectivity index (χ1v) is 11.8. The molecule has 1 amide bonds. The third-order valence-electron chi connectivity index (χ3n) is 3.73. The van der Waals surface area contributed by atoms with Gasteiger partial charge in [0, 0.05) is 35.2 Å². The van der Waals surface area contributed by atoms with Crippen molar-refractivity contribution in [1.29, 1.82) is 0 Å². The van der Waals surface area contributed by atoms with Crippen LogP contribution in [0, 0.1) is 0 Å². The van der Waals surface area contributed by atoms with E-state index in [0.29, 0.717) is 6.54 Å². The van der Waals surface area contributed by atoms with Crippen molar-refractivity contribution in [2.75, 3.05) is 11.0 Å². The standard InChI is InChI=1S/C11H19NOS.C8H14INO2/c1-2-3-4-5-6-7-9-12-11(13)8-10-14-12;1-2-3-6-10(8(11)12)7-4-5-9/h8,10H,2-7,9H2,1H3;4,7H,2-3,5-6H2,1H3,(H,11,12). The molecular formula is C19H33IN2O3S. The molecule has 7 heteroatoms. The van der Waals surface area contributed by atoms with Crippen molar-refractivity contribution in [2.45, 2.75) is 71.8 Å². The summed E-state index contributed by atoms with van der Waals surface area (Å²) in [5, 5.41) is 10.6. The summed E-state index contributed by atoms with van der Waals surface area (Å²) in [7, 11) is 0. The van der Waals surface area contributed by atoms with Gasteiger partial charge in [0.05, 0.1) is 0 Å². The molecule has 0 saturated carbocycles. The Labute approximate surface area is 175 Å². The summed E-state index contributed by atoms with van der Waals surface area (Å²) in [5.74, 6) is 0. The molecule has 0 aliphatic rings. The van der Waals surface area contributed by atoms with E-state index in [4.69, 9.17) is 5.11 Å². The number of hydrogen-bond acceptors (Lipinski definition) is 3. The molecule has 1 aromatic rings. The average Bonchev–Trinajstić information content (AvgIpc) is 3.03. The quantitative estimate of drug-likeness (QED) is 0.220. The summed E-state index contributed by atoms with van der Waals surface area (Å²) in [6, 6.07) is 1.64. The fourth-order valence-electron chi connectivity index (χ4n) is 2.23. The zero-order valence-corrected chi connectivity index (χ0v) is 19.0. The van der Waals surface area contributed by atoms with Gasteiger partial charge in [-0.05, 0) is 12.8 Å². The molecule has 1 heterocycles. The number of carbonyl (C=O) groups is 1. The number of rotatable bonds is 12. The number of alkyl halides is 1. The van der Waals surface area contributed by atoms with E-state index < -0.39 is 6.09 Å². The summed E-state index contributed by atoms with van der Waals surface area (Å²) in [4.78, 5) is 23.1. The van der Waals surface area contributed by atoms with Crippen LogP contribution in [0.5, 0.6) is 0 Å². The van der Waals surface area contributed by atoms with E-state index in [1.54, 1.807) is 12.3 Å². The van der Waals surface area contributed by atoms with Gasteiger partial charge in [-0.3, -0.25) is 13.7 Å². The minimum Gasteiger partial charge on any atom is -0.465 e. The number of aryl methyl sites for hydroxylation is 1. The molecule has 0 atom stereocenters. The second kappa shape index (κ2) is 17.6. The molecule has 26 heavy (non-hydrogen) atoms. The van der Waals surface area contributed by atoms with Gasteiger partial charge in [0.15, 0.2) is 0 Å². The highest BCUT2D eigenvalue weighted by Crippen LogP contribution is 2.06. The maximum absolute atomic E-state index is 11.2. The molecule has 1 N–H and O–H groups in total. The zero-order valence-electron chi connectivity index (χ0n) is 16.0. The van der Waals surface area contributed by atoms with E-state index in [1.165, 1.54) is 48.5 Å². The second-order valence-electron chi connectivity index (χ2n) is 5.98. The van der Waals surface area contributed by atoms with Crippen molar-refractivity contribution < 1.29 is 9.90 Å². The maximum atomic E-state index is 11.2. The van der Waals surface area contributed by atoms with Crippen LogP contribution in [-0.2, 0) is 6.54 Å². The Morgan fingerprint density at radius 3 is 2.38 bits per heavy atom. The first kappa shape index (κ1) is 25.2. The number of allylic oxidation sites excluding steroid dienone is 1. The largest absolute Gasteiger partial charge is 0.465 e. The Hall–Kier alpha value is -0.830. The lowest BCUT2D eigenvalue weighted by Gasteiger charge is -2.12. The van der Waals surface area contributed by atoms with Gasteiger partial charge in [0.25, 0.3) is 5.56 Å². The van der Waals surface area contributed by atoms with Gasteiger partial charge in [0.2, 0.25) is 0 Å². The average molecular weight is 496 g/mol. The minimum absolute atomic E-state index is 0.156. The molecule has 1 rings (SSSR count). The predicted molar refractivity (Wildman–Crippen MR) is 120 cm³/mol. The summed E-state index contributed by atoms with van der Waals surface area (Å²) < 4.78 is 2.67. The topological polar surface area (TPSA) is 62.5 Å². The Bertz CT molecular complexity index is 543. The summed E-state index contributed by atoms with van der Waals surface area (Å²) in [6.07, 6.45) is 12.2. The van der Waals surface area contributed by atoms with Gasteiger partial charge in [-0.1, -0.05) is 92.6 Å². The minimum atomic E-state index is -0.871. The van der Waals surface area contributed by atoms with Crippen molar-refractivity contribution in [3.63, 3.8) is 0 Å². The fourth-order valence-corrected chi connectivity index (χ4v) is 3.18. The molecule has 0 radical (unpaired) electrons. The van der Waals surface area contributed by atoms with Crippen molar-refractivity contribution in [3.05, 3.63) is 34.1 Å². The number of aromatic nitrogens is 1. The molecular weight excluding hydrogens is 463 g/mol. The van der Waals surface area contributed by atoms with Crippen molar-refractivity contribution >= 4 is 40.2 Å². The van der Waals surface area contributed by atoms with Crippen LogP contribution in [0.2, 0.25) is 0 Å².